The van der Waals surface area contributed by atoms with Crippen LogP contribution in [-0.2, 0) is 6.42 Å². The minimum absolute atomic E-state index is 0.756. The third-order valence-electron chi connectivity index (χ3n) is 1.05. The molecule has 0 atom stereocenters. The number of rotatable bonds is 2. The molecule has 1 aromatic heterocycles. The van der Waals surface area contributed by atoms with E-state index in [1.807, 2.05) is 6.07 Å². The van der Waals surface area contributed by atoms with Gasteiger partial charge in [-0.25, -0.2) is 0 Å². The van der Waals surface area contributed by atoms with Gasteiger partial charge >= 0.3 is 0 Å². The van der Waals surface area contributed by atoms with Crippen LogP contribution in [0.15, 0.2) is 34.3 Å². The molecule has 2 heteroatoms. The second-order valence-corrected chi connectivity index (χ2v) is 2.20. The average molecular weight is 140 g/mol. The van der Waals surface area contributed by atoms with Crippen LogP contribution in [0.3, 0.4) is 0 Å². The average Bonchev–Trinajstić information content (AvgIpc) is 2.18. The van der Waals surface area contributed by atoms with Gasteiger partial charge in [0.1, 0.15) is 5.76 Å². The van der Waals surface area contributed by atoms with Crippen LogP contribution in [0.4, 0.5) is 0 Å². The van der Waals surface area contributed by atoms with E-state index in [-0.39, 0.29) is 0 Å². The summed E-state index contributed by atoms with van der Waals surface area (Å²) < 4.78 is 5.06. The van der Waals surface area contributed by atoms with Gasteiger partial charge < -0.3 is 4.42 Å². The Hall–Kier alpha value is -0.630. The summed E-state index contributed by atoms with van der Waals surface area (Å²) in [5, 5.41) is 0. The molecular formula is C7H8OS. The van der Waals surface area contributed by atoms with Crippen LogP contribution in [0.25, 0.3) is 0 Å². The molecular weight excluding hydrogens is 132 g/mol. The molecule has 0 radical (unpaired) electrons. The first kappa shape index (κ1) is 6.49. The summed E-state index contributed by atoms with van der Waals surface area (Å²) in [6.45, 7) is 3.58. The van der Waals surface area contributed by atoms with Crippen LogP contribution in [0.1, 0.15) is 5.76 Å². The first-order valence-corrected chi connectivity index (χ1v) is 3.15. The zero-order chi connectivity index (χ0) is 6.69. The minimum atomic E-state index is 0.756. The number of thiol groups is 1. The van der Waals surface area contributed by atoms with E-state index in [4.69, 9.17) is 4.42 Å². The largest absolute Gasteiger partial charge is 0.468 e. The Labute approximate surface area is 59.8 Å². The summed E-state index contributed by atoms with van der Waals surface area (Å²) >= 11 is 4.14. The molecule has 0 saturated carbocycles. The maximum absolute atomic E-state index is 5.06. The lowest BCUT2D eigenvalue weighted by Gasteiger charge is -1.87. The minimum Gasteiger partial charge on any atom is -0.468 e. The van der Waals surface area contributed by atoms with E-state index in [2.05, 4.69) is 19.2 Å². The number of hydrogen-bond donors (Lipinski definition) is 1. The van der Waals surface area contributed by atoms with Crippen molar-refractivity contribution in [2.75, 3.05) is 0 Å². The van der Waals surface area contributed by atoms with Gasteiger partial charge in [-0.2, -0.15) is 0 Å². The summed E-state index contributed by atoms with van der Waals surface area (Å²) in [6, 6.07) is 1.82. The molecule has 0 aliphatic rings. The van der Waals surface area contributed by atoms with Gasteiger partial charge in [0.25, 0.3) is 0 Å². The zero-order valence-corrected chi connectivity index (χ0v) is 5.90. The molecule has 0 aliphatic carbocycles. The van der Waals surface area contributed by atoms with E-state index < -0.39 is 0 Å². The molecule has 1 aromatic rings. The van der Waals surface area contributed by atoms with Crippen LogP contribution in [0.2, 0.25) is 0 Å². The Morgan fingerprint density at radius 2 is 2.56 bits per heavy atom. The smallest absolute Gasteiger partial charge is 0.120 e. The van der Waals surface area contributed by atoms with Gasteiger partial charge in [-0.3, -0.25) is 0 Å². The Bertz CT molecular complexity index is 202. The zero-order valence-electron chi connectivity index (χ0n) is 5.00. The fourth-order valence-electron chi connectivity index (χ4n) is 0.618. The Balaban J connectivity index is 2.80. The molecule has 1 heterocycles. The van der Waals surface area contributed by atoms with Crippen LogP contribution < -0.4 is 0 Å². The lowest BCUT2D eigenvalue weighted by molar-refractivity contribution is 0.515. The molecule has 0 bridgehead atoms. The van der Waals surface area contributed by atoms with E-state index >= 15 is 0 Å². The van der Waals surface area contributed by atoms with Crippen molar-refractivity contribution in [3.05, 3.63) is 30.7 Å². The predicted octanol–water partition coefficient (Wildman–Crippen LogP) is 2.30. The Morgan fingerprint density at radius 3 is 3.00 bits per heavy atom. The molecule has 0 fully saturated rings. The summed E-state index contributed by atoms with van der Waals surface area (Å²) in [4.78, 5) is 0.898. The maximum atomic E-state index is 5.06. The highest BCUT2D eigenvalue weighted by Gasteiger charge is 1.97. The summed E-state index contributed by atoms with van der Waals surface area (Å²) in [6.07, 6.45) is 4.17. The highest BCUT2D eigenvalue weighted by molar-refractivity contribution is 7.80. The fourth-order valence-corrected chi connectivity index (χ4v) is 0.823. The maximum Gasteiger partial charge on any atom is 0.120 e. The topological polar surface area (TPSA) is 13.1 Å². The third-order valence-corrected chi connectivity index (χ3v) is 1.45. The van der Waals surface area contributed by atoms with Crippen molar-refractivity contribution in [2.24, 2.45) is 0 Å². The molecule has 9 heavy (non-hydrogen) atoms. The van der Waals surface area contributed by atoms with E-state index in [9.17, 15) is 0 Å². The quantitative estimate of drug-likeness (QED) is 0.491. The first-order valence-electron chi connectivity index (χ1n) is 2.71. The van der Waals surface area contributed by atoms with E-state index in [1.54, 1.807) is 12.3 Å². The van der Waals surface area contributed by atoms with Gasteiger partial charge in [0.05, 0.1) is 6.26 Å². The highest BCUT2D eigenvalue weighted by Crippen LogP contribution is 2.14. The van der Waals surface area contributed by atoms with Gasteiger partial charge in [0.2, 0.25) is 0 Å². The van der Waals surface area contributed by atoms with Crippen molar-refractivity contribution in [3.63, 3.8) is 0 Å². The van der Waals surface area contributed by atoms with E-state index in [0.29, 0.717) is 0 Å². The second kappa shape index (κ2) is 2.78. The molecule has 1 nitrogen and oxygen atoms in total. The van der Waals surface area contributed by atoms with E-state index in [1.165, 1.54) is 0 Å². The molecule has 0 saturated heterocycles. The highest BCUT2D eigenvalue weighted by atomic mass is 32.1. The van der Waals surface area contributed by atoms with Gasteiger partial charge in [-0.15, -0.1) is 19.2 Å². The van der Waals surface area contributed by atoms with Gasteiger partial charge in [-0.1, -0.05) is 6.08 Å². The van der Waals surface area contributed by atoms with E-state index in [0.717, 1.165) is 17.1 Å². The number of hydrogen-bond acceptors (Lipinski definition) is 2. The van der Waals surface area contributed by atoms with Crippen molar-refractivity contribution in [1.82, 2.24) is 0 Å². The standard InChI is InChI=1S/C7H8OS/c1-2-3-6-7(9)4-5-8-6/h2,4-5,9H,1,3H2. The van der Waals surface area contributed by atoms with Crippen LogP contribution in [0.5, 0.6) is 0 Å². The molecule has 0 N–H and O–H groups in total. The first-order chi connectivity index (χ1) is 4.34. The normalized spacial score (nSPS) is 9.44. The molecule has 0 spiro atoms. The lowest BCUT2D eigenvalue weighted by atomic mass is 10.3. The van der Waals surface area contributed by atoms with Crippen molar-refractivity contribution >= 4 is 12.6 Å². The van der Waals surface area contributed by atoms with Crippen LogP contribution in [0, 0.1) is 0 Å². The van der Waals surface area contributed by atoms with Gasteiger partial charge in [0, 0.05) is 11.3 Å². The van der Waals surface area contributed by atoms with Crippen molar-refractivity contribution in [1.29, 1.82) is 0 Å². The molecule has 0 unspecified atom stereocenters. The molecule has 0 amide bonds. The number of allylic oxidation sites excluding steroid dienone is 1. The molecule has 0 aromatic carbocycles. The summed E-state index contributed by atoms with van der Waals surface area (Å²) in [5.74, 6) is 0.883. The summed E-state index contributed by atoms with van der Waals surface area (Å²) in [7, 11) is 0. The molecule has 1 rings (SSSR count). The van der Waals surface area contributed by atoms with Gasteiger partial charge in [0.15, 0.2) is 0 Å². The monoisotopic (exact) mass is 140 g/mol. The second-order valence-electron chi connectivity index (χ2n) is 1.72. The van der Waals surface area contributed by atoms with Crippen LogP contribution >= 0.6 is 12.6 Å². The van der Waals surface area contributed by atoms with Crippen LogP contribution in [-0.4, -0.2) is 0 Å². The fraction of sp³-hybridized carbons (Fsp3) is 0.143. The Kier molecular flexibility index (Phi) is 2.01. The van der Waals surface area contributed by atoms with Crippen molar-refractivity contribution < 1.29 is 4.42 Å². The predicted molar refractivity (Wildman–Crippen MR) is 39.9 cm³/mol. The molecule has 48 valence electrons. The van der Waals surface area contributed by atoms with Crippen molar-refractivity contribution in [2.45, 2.75) is 11.3 Å². The third kappa shape index (κ3) is 1.39. The summed E-state index contributed by atoms with van der Waals surface area (Å²) in [5.41, 5.74) is 0. The molecule has 0 aliphatic heterocycles. The SMILES string of the molecule is C=CCc1occc1S. The van der Waals surface area contributed by atoms with Crippen molar-refractivity contribution in [3.8, 4) is 0 Å². The lowest BCUT2D eigenvalue weighted by Crippen LogP contribution is -1.74. The van der Waals surface area contributed by atoms with Gasteiger partial charge in [-0.05, 0) is 6.07 Å². The number of furan rings is 1. The Morgan fingerprint density at radius 1 is 1.78 bits per heavy atom.